The molecule has 1 unspecified atom stereocenters. The number of benzene rings is 3. The van der Waals surface area contributed by atoms with Crippen LogP contribution in [0.25, 0.3) is 11.3 Å². The lowest BCUT2D eigenvalue weighted by Gasteiger charge is -2.39. The summed E-state index contributed by atoms with van der Waals surface area (Å²) in [6, 6.07) is 19.8. The third-order valence-corrected chi connectivity index (χ3v) is 16.1. The van der Waals surface area contributed by atoms with Gasteiger partial charge in [-0.1, -0.05) is 41.6 Å². The molecule has 1 aliphatic carbocycles. The van der Waals surface area contributed by atoms with E-state index in [0.717, 1.165) is 72.0 Å². The van der Waals surface area contributed by atoms with Gasteiger partial charge in [0.1, 0.15) is 12.1 Å². The largest absolute Gasteiger partial charge is 0.381 e. The number of likely N-dealkylation sites (N-methyl/N-ethyl adjacent to an activating group) is 1. The molecule has 76 heavy (non-hydrogen) atoms. The normalized spacial score (nSPS) is 17.7. The van der Waals surface area contributed by atoms with Crippen LogP contribution in [0.15, 0.2) is 83.9 Å². The second-order valence-electron chi connectivity index (χ2n) is 19.9. The number of nitrogens with one attached hydrogen (secondary N) is 3. The van der Waals surface area contributed by atoms with Crippen molar-refractivity contribution < 1.29 is 33.4 Å². The number of fused-ring (bicyclic) bond motifs is 2. The highest BCUT2D eigenvalue weighted by Gasteiger charge is 2.40. The van der Waals surface area contributed by atoms with Crippen molar-refractivity contribution in [3.63, 3.8) is 0 Å². The summed E-state index contributed by atoms with van der Waals surface area (Å²) in [5.74, 6) is -0.873. The van der Waals surface area contributed by atoms with Gasteiger partial charge < -0.3 is 34.5 Å². The second kappa shape index (κ2) is 23.2. The minimum absolute atomic E-state index is 0.00818. The molecule has 10 rings (SSSR count). The van der Waals surface area contributed by atoms with Crippen molar-refractivity contribution in [2.24, 2.45) is 7.05 Å². The van der Waals surface area contributed by atoms with Crippen LogP contribution in [0.4, 0.5) is 17.2 Å². The molecule has 4 aliphatic rings. The first-order chi connectivity index (χ1) is 36.9. The molecule has 3 aromatic carbocycles. The molecule has 6 aromatic rings. The summed E-state index contributed by atoms with van der Waals surface area (Å²) in [6.45, 7) is 6.32. The van der Waals surface area contributed by atoms with Gasteiger partial charge in [-0.05, 0) is 117 Å². The van der Waals surface area contributed by atoms with Crippen LogP contribution >= 0.6 is 11.3 Å². The Labute approximate surface area is 444 Å². The minimum atomic E-state index is -0.637. The number of aryl methyl sites for hydroxylation is 4. The van der Waals surface area contributed by atoms with E-state index >= 15 is 0 Å². The Kier molecular flexibility index (Phi) is 15.9. The zero-order valence-electron chi connectivity index (χ0n) is 43.1. The number of nitrogens with zero attached hydrogens (tertiary/aromatic N) is 8. The van der Waals surface area contributed by atoms with Gasteiger partial charge in [-0.25, -0.2) is 9.67 Å². The fraction of sp³-hybridized carbons (Fsp3) is 0.411. The molecule has 0 saturated carbocycles. The molecule has 2 fully saturated rings. The number of anilines is 3. The van der Waals surface area contributed by atoms with Crippen LogP contribution in [0, 0.1) is 6.92 Å². The van der Waals surface area contributed by atoms with Crippen molar-refractivity contribution >= 4 is 58.1 Å². The summed E-state index contributed by atoms with van der Waals surface area (Å²) in [6.07, 6.45) is 10.6. The summed E-state index contributed by atoms with van der Waals surface area (Å²) in [5.41, 5.74) is 8.78. The summed E-state index contributed by atoms with van der Waals surface area (Å²) < 4.78 is 15.1. The summed E-state index contributed by atoms with van der Waals surface area (Å²) in [4.78, 5) is 90.2. The third kappa shape index (κ3) is 11.5. The number of piperidine rings is 1. The third-order valence-electron chi connectivity index (χ3n) is 14.8. The van der Waals surface area contributed by atoms with Crippen LogP contribution in [0.2, 0.25) is 0 Å². The predicted molar refractivity (Wildman–Crippen MR) is 286 cm³/mol. The zero-order chi connectivity index (χ0) is 52.9. The van der Waals surface area contributed by atoms with Crippen LogP contribution in [0.3, 0.4) is 0 Å². The lowest BCUT2D eigenvalue weighted by Crippen LogP contribution is -2.52. The monoisotopic (exact) mass is 1050 g/mol. The molecule has 3 aliphatic heterocycles. The van der Waals surface area contributed by atoms with Crippen LogP contribution in [-0.2, 0) is 69.7 Å². The van der Waals surface area contributed by atoms with E-state index in [1.165, 1.54) is 15.0 Å². The van der Waals surface area contributed by atoms with Crippen molar-refractivity contribution in [1.82, 2.24) is 44.6 Å². The first kappa shape index (κ1) is 52.1. The van der Waals surface area contributed by atoms with E-state index in [-0.39, 0.29) is 41.4 Å². The number of aromatic nitrogens is 5. The Hall–Kier alpha value is -7.39. The molecule has 3 aromatic heterocycles. The molecule has 19 nitrogen and oxygen atoms in total. The lowest BCUT2D eigenvalue weighted by atomic mass is 9.99. The molecule has 396 valence electrons. The fourth-order valence-electron chi connectivity index (χ4n) is 10.6. The number of amides is 5. The van der Waals surface area contributed by atoms with Crippen molar-refractivity contribution in [3.8, 4) is 11.3 Å². The number of piperazine rings is 1. The molecule has 0 spiro atoms. The van der Waals surface area contributed by atoms with Crippen molar-refractivity contribution in [1.29, 1.82) is 0 Å². The van der Waals surface area contributed by atoms with Crippen molar-refractivity contribution in [3.05, 3.63) is 138 Å². The minimum Gasteiger partial charge on any atom is -0.381 e. The number of hydrogen-bond donors (Lipinski definition) is 3. The van der Waals surface area contributed by atoms with E-state index in [1.807, 2.05) is 90.6 Å². The maximum atomic E-state index is 13.9. The smallest absolute Gasteiger partial charge is 0.293 e. The van der Waals surface area contributed by atoms with Crippen molar-refractivity contribution in [2.75, 3.05) is 63.7 Å². The Bertz CT molecular complexity index is 3200. The van der Waals surface area contributed by atoms with E-state index in [1.54, 1.807) is 40.2 Å². The maximum Gasteiger partial charge on any atom is 0.293 e. The lowest BCUT2D eigenvalue weighted by molar-refractivity contribution is -0.142. The van der Waals surface area contributed by atoms with Gasteiger partial charge in [0.2, 0.25) is 17.7 Å². The Morgan fingerprint density at radius 2 is 1.64 bits per heavy atom. The highest BCUT2D eigenvalue weighted by molar-refractivity contribution is 7.14. The topological polar surface area (TPSA) is 215 Å². The number of hydrogen-bond acceptors (Lipinski definition) is 14. The Morgan fingerprint density at radius 3 is 2.47 bits per heavy atom. The van der Waals surface area contributed by atoms with Gasteiger partial charge in [0.25, 0.3) is 17.4 Å². The van der Waals surface area contributed by atoms with Gasteiger partial charge in [-0.15, -0.1) is 16.4 Å². The second-order valence-corrected chi connectivity index (χ2v) is 21.1. The van der Waals surface area contributed by atoms with Gasteiger partial charge in [-0.2, -0.15) is 0 Å². The number of thiophene rings is 1. The van der Waals surface area contributed by atoms with Gasteiger partial charge >= 0.3 is 0 Å². The van der Waals surface area contributed by atoms with Crippen LogP contribution < -0.4 is 21.5 Å². The molecule has 0 bridgehead atoms. The standard InChI is InChI=1S/C56H63N11O8S/c1-35-41(12-7-14-44(35)59-53(70)48-31-38-9-4-5-15-47(38)76-48)45-34-64(3)56(73)51(58-45)57-39-18-16-37(17-19-39)50-55(72)65(24-23-63(50)2)25-29-75-30-26-66-32-40(61-62-66)22-28-74-27-8-11-36-10-6-13-42-43(36)33-67(54(42)71)46-20-21-49(68)60-52(46)69/h6-7,10,12-14,16-19,31-32,34,46,50H,4-5,8-9,11,15,20-30,33H2,1-3H3,(H,57,58)(H,59,70)(H,60,68,69)/t46?,50-/m1/s1. The molecule has 2 saturated heterocycles. The average Bonchev–Trinajstić information content (AvgIpc) is 4.17. The maximum absolute atomic E-state index is 13.9. The fourth-order valence-corrected chi connectivity index (χ4v) is 11.7. The molecule has 6 heterocycles. The van der Waals surface area contributed by atoms with Gasteiger partial charge in [0.05, 0.1) is 42.6 Å². The Morgan fingerprint density at radius 1 is 0.855 bits per heavy atom. The van der Waals surface area contributed by atoms with Gasteiger partial charge in [0, 0.05) is 92.4 Å². The quantitative estimate of drug-likeness (QED) is 0.0613. The summed E-state index contributed by atoms with van der Waals surface area (Å²) >= 11 is 1.58. The molecule has 0 radical (unpaired) electrons. The molecule has 20 heteroatoms. The average molecular weight is 1050 g/mol. The molecule has 3 N–H and O–H groups in total. The molecular weight excluding hydrogens is 987 g/mol. The SMILES string of the molecule is Cc1c(NC(=O)c2cc3c(s2)CCCC3)cccc1-c1cn(C)c(=O)c(Nc2ccc([C@@H]3C(=O)N(CCOCCn4cc(CCOCCCc5cccc6c5CN(C5CCC(=O)NC5=O)C6=O)nn4)CCN3C)cc2)n1. The number of ether oxygens (including phenoxy) is 2. The highest BCUT2D eigenvalue weighted by Crippen LogP contribution is 2.34. The van der Waals surface area contributed by atoms with Crippen LogP contribution in [-0.4, -0.2) is 128 Å². The summed E-state index contributed by atoms with van der Waals surface area (Å²) in [7, 11) is 3.63. The van der Waals surface area contributed by atoms with E-state index in [2.05, 4.69) is 26.3 Å². The van der Waals surface area contributed by atoms with E-state index in [4.69, 9.17) is 14.5 Å². The van der Waals surface area contributed by atoms with Crippen LogP contribution in [0.1, 0.15) is 96.6 Å². The Balaban J connectivity index is 0.651. The number of imide groups is 1. The zero-order valence-corrected chi connectivity index (χ0v) is 44.0. The summed E-state index contributed by atoms with van der Waals surface area (Å²) in [5, 5.41) is 17.2. The number of carbonyl (C=O) groups excluding carboxylic acids is 5. The number of rotatable bonds is 20. The van der Waals surface area contributed by atoms with Crippen molar-refractivity contribution in [2.45, 2.75) is 89.9 Å². The number of carbonyl (C=O) groups is 5. The van der Waals surface area contributed by atoms with E-state index in [9.17, 15) is 28.8 Å². The predicted octanol–water partition coefficient (Wildman–Crippen LogP) is 5.77. The van der Waals surface area contributed by atoms with E-state index in [0.29, 0.717) is 99.5 Å². The first-order valence-electron chi connectivity index (χ1n) is 26.1. The molecule has 2 atom stereocenters. The molecule has 5 amide bonds. The molecular formula is C56H63N11O8S. The van der Waals surface area contributed by atoms with E-state index < -0.39 is 18.0 Å². The first-order valence-corrected chi connectivity index (χ1v) is 27.0. The van der Waals surface area contributed by atoms with Gasteiger partial charge in [-0.3, -0.25) is 39.0 Å². The van der Waals surface area contributed by atoms with Gasteiger partial charge in [0.15, 0.2) is 5.82 Å². The van der Waals surface area contributed by atoms with Crippen LogP contribution in [0.5, 0.6) is 0 Å². The highest BCUT2D eigenvalue weighted by atomic mass is 32.1.